The lowest BCUT2D eigenvalue weighted by Gasteiger charge is -2.07. The zero-order valence-corrected chi connectivity index (χ0v) is 13.2. The van der Waals surface area contributed by atoms with E-state index in [1.165, 1.54) is 6.07 Å². The van der Waals surface area contributed by atoms with Crippen molar-refractivity contribution in [1.82, 2.24) is 4.98 Å². The lowest BCUT2D eigenvalue weighted by molar-refractivity contribution is 0.415. The number of aromatic nitrogens is 1. The van der Waals surface area contributed by atoms with Crippen molar-refractivity contribution >= 4 is 10.9 Å². The maximum Gasteiger partial charge on any atom is 0.123 e. The first-order valence-electron chi connectivity index (χ1n) is 7.87. The number of nitrogens with two attached hydrogens (primary N) is 1. The Kier molecular flexibility index (Phi) is 4.63. The van der Waals surface area contributed by atoms with Gasteiger partial charge in [-0.2, -0.15) is 0 Å². The van der Waals surface area contributed by atoms with Gasteiger partial charge in [-0.05, 0) is 61.7 Å². The standard InChI is InChI=1S/C19H21FN2O/c1-23-15-6-4-5-13(11-15)19-16(7-2-3-10-21)17-12-14(20)8-9-18(17)22-19/h4-6,8-9,11-12,22H,2-3,7,10,21H2,1H3. The maximum atomic E-state index is 13.7. The number of benzene rings is 2. The van der Waals surface area contributed by atoms with Crippen molar-refractivity contribution in [1.29, 1.82) is 0 Å². The van der Waals surface area contributed by atoms with Crippen LogP contribution in [0.1, 0.15) is 18.4 Å². The molecule has 3 N–H and O–H groups in total. The second-order valence-corrected chi connectivity index (χ2v) is 5.65. The number of fused-ring (bicyclic) bond motifs is 1. The van der Waals surface area contributed by atoms with Crippen molar-refractivity contribution in [3.05, 3.63) is 53.8 Å². The van der Waals surface area contributed by atoms with Gasteiger partial charge in [0.05, 0.1) is 7.11 Å². The molecule has 0 atom stereocenters. The third kappa shape index (κ3) is 3.22. The van der Waals surface area contributed by atoms with Gasteiger partial charge in [-0.25, -0.2) is 4.39 Å². The third-order valence-corrected chi connectivity index (χ3v) is 4.11. The summed E-state index contributed by atoms with van der Waals surface area (Å²) in [6, 6.07) is 12.8. The molecular weight excluding hydrogens is 291 g/mol. The van der Waals surface area contributed by atoms with Crippen LogP contribution < -0.4 is 10.5 Å². The normalized spacial score (nSPS) is 11.1. The Balaban J connectivity index is 2.11. The molecule has 0 radical (unpaired) electrons. The second kappa shape index (κ2) is 6.84. The molecule has 0 saturated heterocycles. The van der Waals surface area contributed by atoms with E-state index in [0.717, 1.165) is 52.7 Å². The molecule has 23 heavy (non-hydrogen) atoms. The summed E-state index contributed by atoms with van der Waals surface area (Å²) in [5.74, 6) is 0.592. The van der Waals surface area contributed by atoms with Crippen molar-refractivity contribution in [2.45, 2.75) is 19.3 Å². The summed E-state index contributed by atoms with van der Waals surface area (Å²) in [6.45, 7) is 0.672. The number of aryl methyl sites for hydroxylation is 1. The fourth-order valence-electron chi connectivity index (χ4n) is 2.95. The largest absolute Gasteiger partial charge is 0.497 e. The van der Waals surface area contributed by atoms with Crippen molar-refractivity contribution < 1.29 is 9.13 Å². The quantitative estimate of drug-likeness (QED) is 0.668. The Bertz CT molecular complexity index is 810. The first kappa shape index (κ1) is 15.6. The Hall–Kier alpha value is -2.33. The van der Waals surface area contributed by atoms with Crippen LogP contribution in [0.2, 0.25) is 0 Å². The molecule has 4 heteroatoms. The van der Waals surface area contributed by atoms with Crippen LogP contribution in [-0.4, -0.2) is 18.6 Å². The molecule has 0 aliphatic rings. The Morgan fingerprint density at radius 3 is 2.78 bits per heavy atom. The average Bonchev–Trinajstić information content (AvgIpc) is 2.93. The van der Waals surface area contributed by atoms with E-state index >= 15 is 0 Å². The number of methoxy groups -OCH3 is 1. The highest BCUT2D eigenvalue weighted by Crippen LogP contribution is 2.33. The second-order valence-electron chi connectivity index (χ2n) is 5.65. The smallest absolute Gasteiger partial charge is 0.123 e. The van der Waals surface area contributed by atoms with Crippen LogP contribution in [0.3, 0.4) is 0 Å². The minimum atomic E-state index is -0.214. The molecule has 0 spiro atoms. The molecular formula is C19H21FN2O. The lowest BCUT2D eigenvalue weighted by atomic mass is 10.00. The number of ether oxygens (including phenoxy) is 1. The Morgan fingerprint density at radius 1 is 1.13 bits per heavy atom. The SMILES string of the molecule is COc1cccc(-c2[nH]c3ccc(F)cc3c2CCCCN)c1. The fourth-order valence-corrected chi connectivity index (χ4v) is 2.95. The summed E-state index contributed by atoms with van der Waals surface area (Å²) < 4.78 is 19.0. The summed E-state index contributed by atoms with van der Waals surface area (Å²) in [4.78, 5) is 3.43. The van der Waals surface area contributed by atoms with Crippen LogP contribution in [0.25, 0.3) is 22.2 Å². The number of unbranched alkanes of at least 4 members (excludes halogenated alkanes) is 1. The fraction of sp³-hybridized carbons (Fsp3) is 0.263. The number of rotatable bonds is 6. The maximum absolute atomic E-state index is 13.7. The van der Waals surface area contributed by atoms with Gasteiger partial charge >= 0.3 is 0 Å². The highest BCUT2D eigenvalue weighted by Gasteiger charge is 2.14. The molecule has 0 amide bonds. The Morgan fingerprint density at radius 2 is 2.00 bits per heavy atom. The van der Waals surface area contributed by atoms with E-state index in [1.54, 1.807) is 19.2 Å². The molecule has 0 saturated carbocycles. The monoisotopic (exact) mass is 312 g/mol. The zero-order valence-electron chi connectivity index (χ0n) is 13.2. The van der Waals surface area contributed by atoms with Crippen LogP contribution in [0.4, 0.5) is 4.39 Å². The molecule has 0 unspecified atom stereocenters. The number of H-pyrrole nitrogens is 1. The van der Waals surface area contributed by atoms with Gasteiger partial charge in [0.25, 0.3) is 0 Å². The topological polar surface area (TPSA) is 51.0 Å². The molecule has 3 aromatic rings. The van der Waals surface area contributed by atoms with E-state index in [4.69, 9.17) is 10.5 Å². The van der Waals surface area contributed by atoms with Crippen LogP contribution in [-0.2, 0) is 6.42 Å². The molecule has 0 aliphatic heterocycles. The average molecular weight is 312 g/mol. The molecule has 1 heterocycles. The minimum absolute atomic E-state index is 0.214. The highest BCUT2D eigenvalue weighted by molar-refractivity contribution is 5.91. The number of nitrogens with one attached hydrogen (secondary N) is 1. The van der Waals surface area contributed by atoms with Crippen molar-refractivity contribution in [2.75, 3.05) is 13.7 Å². The number of hydrogen-bond donors (Lipinski definition) is 2. The van der Waals surface area contributed by atoms with Crippen molar-refractivity contribution in [2.24, 2.45) is 5.73 Å². The van der Waals surface area contributed by atoms with E-state index in [-0.39, 0.29) is 5.82 Å². The summed E-state index contributed by atoms with van der Waals surface area (Å²) in [7, 11) is 1.65. The molecule has 3 nitrogen and oxygen atoms in total. The van der Waals surface area contributed by atoms with Gasteiger partial charge in [-0.3, -0.25) is 0 Å². The predicted molar refractivity (Wildman–Crippen MR) is 92.2 cm³/mol. The van der Waals surface area contributed by atoms with Gasteiger partial charge in [-0.1, -0.05) is 12.1 Å². The first-order valence-corrected chi connectivity index (χ1v) is 7.87. The van der Waals surface area contributed by atoms with Crippen LogP contribution >= 0.6 is 0 Å². The van der Waals surface area contributed by atoms with Crippen LogP contribution in [0.5, 0.6) is 5.75 Å². The summed E-state index contributed by atoms with van der Waals surface area (Å²) >= 11 is 0. The van der Waals surface area contributed by atoms with Gasteiger partial charge in [0.15, 0.2) is 0 Å². The molecule has 0 bridgehead atoms. The number of halogens is 1. The summed E-state index contributed by atoms with van der Waals surface area (Å²) in [5.41, 5.74) is 9.77. The van der Waals surface area contributed by atoms with Crippen molar-refractivity contribution in [3.63, 3.8) is 0 Å². The van der Waals surface area contributed by atoms with Gasteiger partial charge in [0.2, 0.25) is 0 Å². The van der Waals surface area contributed by atoms with Gasteiger partial charge in [-0.15, -0.1) is 0 Å². The van der Waals surface area contributed by atoms with E-state index < -0.39 is 0 Å². The van der Waals surface area contributed by atoms with Gasteiger partial charge in [0, 0.05) is 22.2 Å². The van der Waals surface area contributed by atoms with E-state index in [0.29, 0.717) is 6.54 Å². The van der Waals surface area contributed by atoms with Crippen molar-refractivity contribution in [3.8, 4) is 17.0 Å². The minimum Gasteiger partial charge on any atom is -0.497 e. The summed E-state index contributed by atoms with van der Waals surface area (Å²) in [6.07, 6.45) is 2.81. The van der Waals surface area contributed by atoms with E-state index in [9.17, 15) is 4.39 Å². The molecule has 1 aromatic heterocycles. The molecule has 2 aromatic carbocycles. The molecule has 3 rings (SSSR count). The third-order valence-electron chi connectivity index (χ3n) is 4.11. The number of aromatic amines is 1. The molecule has 0 fully saturated rings. The number of hydrogen-bond acceptors (Lipinski definition) is 2. The van der Waals surface area contributed by atoms with Gasteiger partial charge in [0.1, 0.15) is 11.6 Å². The lowest BCUT2D eigenvalue weighted by Crippen LogP contribution is -1.99. The predicted octanol–water partition coefficient (Wildman–Crippen LogP) is 4.26. The molecule has 0 aliphatic carbocycles. The Labute approximate surface area is 135 Å². The van der Waals surface area contributed by atoms with Crippen LogP contribution in [0, 0.1) is 5.82 Å². The summed E-state index contributed by atoms with van der Waals surface area (Å²) in [5, 5.41) is 0.944. The van der Waals surface area contributed by atoms with E-state index in [1.807, 2.05) is 24.3 Å². The van der Waals surface area contributed by atoms with E-state index in [2.05, 4.69) is 4.98 Å². The first-order chi connectivity index (χ1) is 11.2. The van der Waals surface area contributed by atoms with Crippen LogP contribution in [0.15, 0.2) is 42.5 Å². The van der Waals surface area contributed by atoms with Gasteiger partial charge < -0.3 is 15.5 Å². The molecule has 120 valence electrons. The zero-order chi connectivity index (χ0) is 16.2. The highest BCUT2D eigenvalue weighted by atomic mass is 19.1.